The Labute approximate surface area is 119 Å². The summed E-state index contributed by atoms with van der Waals surface area (Å²) < 4.78 is 10.0. The second-order valence-electron chi connectivity index (χ2n) is 4.78. The van der Waals surface area contributed by atoms with Crippen molar-refractivity contribution in [2.24, 2.45) is 5.92 Å². The Balaban J connectivity index is 2.59. The summed E-state index contributed by atoms with van der Waals surface area (Å²) in [7, 11) is 0. The first-order valence-corrected chi connectivity index (χ1v) is 6.73. The van der Waals surface area contributed by atoms with E-state index in [0.717, 1.165) is 0 Å². The van der Waals surface area contributed by atoms with Gasteiger partial charge < -0.3 is 14.8 Å². The molecule has 0 saturated heterocycles. The monoisotopic (exact) mass is 279 g/mol. The van der Waals surface area contributed by atoms with E-state index in [1.165, 1.54) is 0 Å². The van der Waals surface area contributed by atoms with Crippen LogP contribution in [0.3, 0.4) is 0 Å². The van der Waals surface area contributed by atoms with E-state index in [9.17, 15) is 9.59 Å². The van der Waals surface area contributed by atoms with E-state index in [-0.39, 0.29) is 12.5 Å². The number of rotatable bonds is 6. The molecule has 0 aliphatic rings. The molecular weight excluding hydrogens is 258 g/mol. The van der Waals surface area contributed by atoms with Crippen molar-refractivity contribution in [1.29, 1.82) is 0 Å². The fourth-order valence-corrected chi connectivity index (χ4v) is 1.70. The van der Waals surface area contributed by atoms with Crippen molar-refractivity contribution in [2.75, 3.05) is 6.61 Å². The average Bonchev–Trinajstić information content (AvgIpc) is 2.38. The molecule has 20 heavy (non-hydrogen) atoms. The lowest BCUT2D eigenvalue weighted by molar-refractivity contribution is -0.145. The lowest BCUT2D eigenvalue weighted by atomic mass is 10.0. The highest BCUT2D eigenvalue weighted by molar-refractivity contribution is 5.82. The third-order valence-electron chi connectivity index (χ3n) is 2.52. The molecule has 0 aliphatic heterocycles. The number of benzene rings is 1. The van der Waals surface area contributed by atoms with E-state index >= 15 is 0 Å². The smallest absolute Gasteiger partial charge is 0.413 e. The highest BCUT2D eigenvalue weighted by atomic mass is 16.6. The van der Waals surface area contributed by atoms with Crippen LogP contribution in [0.2, 0.25) is 0 Å². The minimum atomic E-state index is -0.689. The maximum absolute atomic E-state index is 11.8. The molecule has 0 fully saturated rings. The van der Waals surface area contributed by atoms with Crippen molar-refractivity contribution < 1.29 is 19.1 Å². The minimum absolute atomic E-state index is 0.251. The van der Waals surface area contributed by atoms with Gasteiger partial charge in [0.2, 0.25) is 0 Å². The molecule has 1 N–H and O–H groups in total. The van der Waals surface area contributed by atoms with Gasteiger partial charge >= 0.3 is 12.1 Å². The molecule has 5 nitrogen and oxygen atoms in total. The van der Waals surface area contributed by atoms with E-state index in [4.69, 9.17) is 9.47 Å². The van der Waals surface area contributed by atoms with Crippen molar-refractivity contribution >= 4 is 12.1 Å². The van der Waals surface area contributed by atoms with Gasteiger partial charge in [0.15, 0.2) is 0 Å². The Morgan fingerprint density at radius 3 is 2.40 bits per heavy atom. The largest absolute Gasteiger partial charge is 0.464 e. The quantitative estimate of drug-likeness (QED) is 0.813. The summed E-state index contributed by atoms with van der Waals surface area (Å²) in [5.74, 6) is 0.241. The van der Waals surface area contributed by atoms with Crippen LogP contribution in [0.25, 0.3) is 0 Å². The maximum Gasteiger partial charge on any atom is 0.413 e. The third kappa shape index (κ3) is 5.73. The van der Waals surface area contributed by atoms with Crippen LogP contribution < -0.4 is 10.1 Å². The Kier molecular flexibility index (Phi) is 6.56. The number of ether oxygens (including phenoxy) is 2. The van der Waals surface area contributed by atoms with Crippen LogP contribution in [0, 0.1) is 5.92 Å². The molecule has 1 aromatic carbocycles. The number of amides is 1. The number of hydrogen-bond donors (Lipinski definition) is 1. The molecule has 110 valence electrons. The highest BCUT2D eigenvalue weighted by Crippen LogP contribution is 2.10. The number of para-hydroxylation sites is 1. The average molecular weight is 279 g/mol. The van der Waals surface area contributed by atoms with Crippen LogP contribution in [-0.4, -0.2) is 24.7 Å². The summed E-state index contributed by atoms with van der Waals surface area (Å²) in [6.07, 6.45) is -0.155. The third-order valence-corrected chi connectivity index (χ3v) is 2.52. The predicted octanol–water partition coefficient (Wildman–Crippen LogP) is 2.75. The number of nitrogens with one attached hydrogen (secondary N) is 1. The molecule has 0 unspecified atom stereocenters. The van der Waals surface area contributed by atoms with Crippen LogP contribution in [-0.2, 0) is 9.53 Å². The molecule has 1 atom stereocenters. The first kappa shape index (κ1) is 16.0. The Morgan fingerprint density at radius 1 is 1.20 bits per heavy atom. The number of carbonyl (C=O) groups is 2. The second-order valence-corrected chi connectivity index (χ2v) is 4.78. The van der Waals surface area contributed by atoms with Crippen LogP contribution in [0.15, 0.2) is 30.3 Å². The fourth-order valence-electron chi connectivity index (χ4n) is 1.70. The van der Waals surface area contributed by atoms with Gasteiger partial charge in [-0.15, -0.1) is 0 Å². The number of esters is 1. The molecule has 0 aliphatic carbocycles. The van der Waals surface area contributed by atoms with Gasteiger partial charge in [-0.05, 0) is 31.4 Å². The first-order valence-electron chi connectivity index (χ1n) is 6.73. The molecular formula is C15H21NO4. The van der Waals surface area contributed by atoms with Crippen molar-refractivity contribution in [3.05, 3.63) is 30.3 Å². The Bertz CT molecular complexity index is 431. The standard InChI is InChI=1S/C15H21NO4/c1-4-19-14(17)13(10-11(2)3)16-15(18)20-12-8-6-5-7-9-12/h5-9,11,13H,4,10H2,1-3H3,(H,16,18)/t13-/m0/s1. The van der Waals surface area contributed by atoms with E-state index in [1.54, 1.807) is 31.2 Å². The first-order chi connectivity index (χ1) is 9.52. The van der Waals surface area contributed by atoms with E-state index in [2.05, 4.69) is 5.32 Å². The van der Waals surface area contributed by atoms with Gasteiger partial charge in [-0.2, -0.15) is 0 Å². The van der Waals surface area contributed by atoms with Crippen molar-refractivity contribution in [3.8, 4) is 5.75 Å². The zero-order valence-electron chi connectivity index (χ0n) is 12.1. The molecule has 1 aromatic rings. The van der Waals surface area contributed by atoms with Crippen LogP contribution in [0.1, 0.15) is 27.2 Å². The second kappa shape index (κ2) is 8.19. The molecule has 0 saturated carbocycles. The molecule has 0 radical (unpaired) electrons. The zero-order valence-corrected chi connectivity index (χ0v) is 12.1. The van der Waals surface area contributed by atoms with Gasteiger partial charge in [-0.3, -0.25) is 0 Å². The summed E-state index contributed by atoms with van der Waals surface area (Å²) in [5, 5.41) is 2.55. The van der Waals surface area contributed by atoms with E-state index < -0.39 is 18.1 Å². The Morgan fingerprint density at radius 2 is 1.85 bits per heavy atom. The molecule has 1 rings (SSSR count). The summed E-state index contributed by atoms with van der Waals surface area (Å²) >= 11 is 0. The zero-order chi connectivity index (χ0) is 15.0. The predicted molar refractivity (Wildman–Crippen MR) is 75.5 cm³/mol. The van der Waals surface area contributed by atoms with Gasteiger partial charge in [0.05, 0.1) is 6.61 Å². The summed E-state index contributed by atoms with van der Waals surface area (Å²) in [6.45, 7) is 5.95. The van der Waals surface area contributed by atoms with Crippen molar-refractivity contribution in [1.82, 2.24) is 5.32 Å². The molecule has 5 heteroatoms. The van der Waals surface area contributed by atoms with Gasteiger partial charge in [0, 0.05) is 0 Å². The lowest BCUT2D eigenvalue weighted by Crippen LogP contribution is -2.44. The highest BCUT2D eigenvalue weighted by Gasteiger charge is 2.23. The van der Waals surface area contributed by atoms with Crippen LogP contribution in [0.5, 0.6) is 5.75 Å². The van der Waals surface area contributed by atoms with Crippen molar-refractivity contribution in [3.63, 3.8) is 0 Å². The van der Waals surface area contributed by atoms with Gasteiger partial charge in [0.25, 0.3) is 0 Å². The minimum Gasteiger partial charge on any atom is -0.464 e. The van der Waals surface area contributed by atoms with Gasteiger partial charge in [0.1, 0.15) is 11.8 Å². The maximum atomic E-state index is 11.8. The van der Waals surface area contributed by atoms with E-state index in [0.29, 0.717) is 12.2 Å². The van der Waals surface area contributed by atoms with Gasteiger partial charge in [-0.1, -0.05) is 32.0 Å². The number of hydrogen-bond acceptors (Lipinski definition) is 4. The molecule has 1 amide bonds. The normalized spacial score (nSPS) is 11.8. The molecule has 0 bridgehead atoms. The fraction of sp³-hybridized carbons (Fsp3) is 0.467. The molecule has 0 spiro atoms. The number of carbonyl (C=O) groups excluding carboxylic acids is 2. The SMILES string of the molecule is CCOC(=O)[C@H](CC(C)C)NC(=O)Oc1ccccc1. The van der Waals surface area contributed by atoms with Crippen molar-refractivity contribution in [2.45, 2.75) is 33.2 Å². The van der Waals surface area contributed by atoms with Crippen LogP contribution >= 0.6 is 0 Å². The Hall–Kier alpha value is -2.04. The van der Waals surface area contributed by atoms with Crippen LogP contribution in [0.4, 0.5) is 4.79 Å². The van der Waals surface area contributed by atoms with Gasteiger partial charge in [-0.25, -0.2) is 9.59 Å². The summed E-state index contributed by atoms with van der Waals surface area (Å²) in [5.41, 5.74) is 0. The molecule has 0 aromatic heterocycles. The topological polar surface area (TPSA) is 64.6 Å². The summed E-state index contributed by atoms with van der Waals surface area (Å²) in [6, 6.07) is 8.00. The molecule has 0 heterocycles. The lowest BCUT2D eigenvalue weighted by Gasteiger charge is -2.18. The van der Waals surface area contributed by atoms with E-state index in [1.807, 2.05) is 19.9 Å². The summed E-state index contributed by atoms with van der Waals surface area (Å²) in [4.78, 5) is 23.5.